The Balaban J connectivity index is 1.75. The molecule has 7 heteroatoms. The predicted molar refractivity (Wildman–Crippen MR) is 128 cm³/mol. The number of carbonyl (C=O) groups excluding carboxylic acids is 3. The van der Waals surface area contributed by atoms with Gasteiger partial charge in [0.05, 0.1) is 18.2 Å². The second kappa shape index (κ2) is 11.2. The minimum absolute atomic E-state index is 0.0449. The van der Waals surface area contributed by atoms with Gasteiger partial charge in [-0.1, -0.05) is 60.7 Å². The quantitative estimate of drug-likeness (QED) is 0.502. The second-order valence-electron chi connectivity index (χ2n) is 7.31. The molecule has 0 spiro atoms. The lowest BCUT2D eigenvalue weighted by Gasteiger charge is -2.20. The monoisotopic (exact) mass is 447 g/mol. The minimum Gasteiger partial charge on any atom is -0.345 e. The largest absolute Gasteiger partial charge is 0.345 e. The van der Waals surface area contributed by atoms with Crippen molar-refractivity contribution in [3.05, 3.63) is 96.1 Å². The zero-order valence-corrected chi connectivity index (χ0v) is 18.8. The van der Waals surface area contributed by atoms with Gasteiger partial charge in [-0.2, -0.15) is 0 Å². The van der Waals surface area contributed by atoms with Crippen molar-refractivity contribution in [2.75, 3.05) is 19.4 Å². The Morgan fingerprint density at radius 3 is 2.09 bits per heavy atom. The van der Waals surface area contributed by atoms with Crippen molar-refractivity contribution >= 4 is 34.5 Å². The summed E-state index contributed by atoms with van der Waals surface area (Å²) in [6.45, 7) is 0. The first kappa shape index (κ1) is 23.1. The summed E-state index contributed by atoms with van der Waals surface area (Å²) in [5.41, 5.74) is 1.91. The lowest BCUT2D eigenvalue weighted by molar-refractivity contribution is -0.116. The van der Waals surface area contributed by atoms with Crippen LogP contribution in [-0.4, -0.2) is 36.0 Å². The number of benzene rings is 3. The molecule has 3 aromatic carbocycles. The van der Waals surface area contributed by atoms with E-state index in [1.165, 1.54) is 4.90 Å². The van der Waals surface area contributed by atoms with Crippen LogP contribution in [0.15, 0.2) is 89.8 Å². The van der Waals surface area contributed by atoms with E-state index >= 15 is 0 Å². The number of hydrogen-bond donors (Lipinski definition) is 2. The molecule has 32 heavy (non-hydrogen) atoms. The van der Waals surface area contributed by atoms with Gasteiger partial charge in [0.25, 0.3) is 11.1 Å². The van der Waals surface area contributed by atoms with Crippen LogP contribution in [0.25, 0.3) is 0 Å². The number of rotatable bonds is 7. The molecule has 0 radical (unpaired) electrons. The van der Waals surface area contributed by atoms with E-state index in [1.54, 1.807) is 56.6 Å². The van der Waals surface area contributed by atoms with Gasteiger partial charge in [-0.3, -0.25) is 14.4 Å². The zero-order chi connectivity index (χ0) is 22.9. The maximum absolute atomic E-state index is 12.9. The van der Waals surface area contributed by atoms with Crippen molar-refractivity contribution in [3.63, 3.8) is 0 Å². The summed E-state index contributed by atoms with van der Waals surface area (Å²) in [5.74, 6) is -0.516. The van der Waals surface area contributed by atoms with E-state index in [1.807, 2.05) is 42.5 Å². The summed E-state index contributed by atoms with van der Waals surface area (Å²) in [6.07, 6.45) is 0.0449. The van der Waals surface area contributed by atoms with Crippen LogP contribution < -0.4 is 10.6 Å². The Bertz CT molecular complexity index is 1070. The third-order valence-electron chi connectivity index (χ3n) is 4.66. The number of thioether (sulfide) groups is 1. The Labute approximate surface area is 192 Å². The number of para-hydroxylation sites is 1. The van der Waals surface area contributed by atoms with Gasteiger partial charge in [0.15, 0.2) is 0 Å². The molecule has 0 heterocycles. The standard InChI is InChI=1S/C25H25N3O3S/c1-28(2)25(31)32-22-16-10-9-15-20(22)26-23(29)17-21(18-11-5-3-6-12-18)27-24(30)19-13-7-4-8-14-19/h3-16,21H,17H2,1-2H3,(H,26,29)(H,27,30). The van der Waals surface area contributed by atoms with Gasteiger partial charge in [0.2, 0.25) is 5.91 Å². The molecule has 0 aliphatic carbocycles. The molecule has 3 aromatic rings. The summed E-state index contributed by atoms with van der Waals surface area (Å²) in [7, 11) is 3.35. The van der Waals surface area contributed by atoms with Gasteiger partial charge in [-0.15, -0.1) is 0 Å². The molecule has 6 nitrogen and oxygen atoms in total. The molecule has 164 valence electrons. The third-order valence-corrected chi connectivity index (χ3v) is 5.77. The van der Waals surface area contributed by atoms with Crippen molar-refractivity contribution < 1.29 is 14.4 Å². The molecule has 3 rings (SSSR count). The minimum atomic E-state index is -0.507. The van der Waals surface area contributed by atoms with E-state index in [9.17, 15) is 14.4 Å². The normalized spacial score (nSPS) is 11.3. The molecule has 1 atom stereocenters. The molecule has 0 aliphatic rings. The first-order chi connectivity index (χ1) is 15.4. The van der Waals surface area contributed by atoms with E-state index in [4.69, 9.17) is 0 Å². The number of amides is 3. The van der Waals surface area contributed by atoms with Crippen molar-refractivity contribution in [3.8, 4) is 0 Å². The molecule has 0 saturated carbocycles. The fraction of sp³-hybridized carbons (Fsp3) is 0.160. The molecule has 0 fully saturated rings. The van der Waals surface area contributed by atoms with E-state index < -0.39 is 6.04 Å². The molecule has 0 saturated heterocycles. The summed E-state index contributed by atoms with van der Waals surface area (Å²) < 4.78 is 0. The highest BCUT2D eigenvalue weighted by Gasteiger charge is 2.20. The van der Waals surface area contributed by atoms with Crippen LogP contribution in [0.3, 0.4) is 0 Å². The maximum Gasteiger partial charge on any atom is 0.286 e. The van der Waals surface area contributed by atoms with Gasteiger partial charge in [0, 0.05) is 24.6 Å². The van der Waals surface area contributed by atoms with Crippen LogP contribution in [0.2, 0.25) is 0 Å². The van der Waals surface area contributed by atoms with Crippen LogP contribution in [0.5, 0.6) is 0 Å². The van der Waals surface area contributed by atoms with Gasteiger partial charge in [0.1, 0.15) is 0 Å². The van der Waals surface area contributed by atoms with Crippen molar-refractivity contribution in [2.24, 2.45) is 0 Å². The average Bonchev–Trinajstić information content (AvgIpc) is 2.81. The van der Waals surface area contributed by atoms with Crippen LogP contribution >= 0.6 is 11.8 Å². The molecule has 0 bridgehead atoms. The second-order valence-corrected chi connectivity index (χ2v) is 8.31. The number of hydrogen-bond acceptors (Lipinski definition) is 4. The summed E-state index contributed by atoms with van der Waals surface area (Å²) in [4.78, 5) is 39.9. The molecular weight excluding hydrogens is 422 g/mol. The predicted octanol–water partition coefficient (Wildman–Crippen LogP) is 4.96. The van der Waals surface area contributed by atoms with Crippen LogP contribution in [0, 0.1) is 0 Å². The summed E-state index contributed by atoms with van der Waals surface area (Å²) in [5, 5.41) is 5.71. The van der Waals surface area contributed by atoms with E-state index in [-0.39, 0.29) is 23.5 Å². The average molecular weight is 448 g/mol. The number of anilines is 1. The molecule has 0 aliphatic heterocycles. The van der Waals surface area contributed by atoms with E-state index in [2.05, 4.69) is 10.6 Å². The highest BCUT2D eigenvalue weighted by Crippen LogP contribution is 2.29. The number of nitrogens with zero attached hydrogens (tertiary/aromatic N) is 1. The van der Waals surface area contributed by atoms with Crippen molar-refractivity contribution in [2.45, 2.75) is 17.4 Å². The van der Waals surface area contributed by atoms with Crippen LogP contribution in [-0.2, 0) is 4.79 Å². The van der Waals surface area contributed by atoms with Gasteiger partial charge in [-0.05, 0) is 41.6 Å². The molecule has 3 amide bonds. The summed E-state index contributed by atoms with van der Waals surface area (Å²) >= 11 is 1.05. The first-order valence-electron chi connectivity index (χ1n) is 10.1. The van der Waals surface area contributed by atoms with Gasteiger partial charge in [-0.25, -0.2) is 0 Å². The van der Waals surface area contributed by atoms with E-state index in [0.29, 0.717) is 16.1 Å². The van der Waals surface area contributed by atoms with E-state index in [0.717, 1.165) is 17.3 Å². The van der Waals surface area contributed by atoms with Crippen LogP contribution in [0.4, 0.5) is 10.5 Å². The topological polar surface area (TPSA) is 78.5 Å². The highest BCUT2D eigenvalue weighted by atomic mass is 32.2. The van der Waals surface area contributed by atoms with Crippen molar-refractivity contribution in [1.82, 2.24) is 10.2 Å². The number of nitrogens with one attached hydrogen (secondary N) is 2. The fourth-order valence-corrected chi connectivity index (χ4v) is 3.75. The zero-order valence-electron chi connectivity index (χ0n) is 17.9. The maximum atomic E-state index is 12.9. The van der Waals surface area contributed by atoms with Gasteiger partial charge >= 0.3 is 0 Å². The SMILES string of the molecule is CN(C)C(=O)Sc1ccccc1NC(=O)CC(NC(=O)c1ccccc1)c1ccccc1. The van der Waals surface area contributed by atoms with Crippen molar-refractivity contribution in [1.29, 1.82) is 0 Å². The third kappa shape index (κ3) is 6.46. The highest BCUT2D eigenvalue weighted by molar-refractivity contribution is 8.13. The lowest BCUT2D eigenvalue weighted by atomic mass is 10.0. The summed E-state index contributed by atoms with van der Waals surface area (Å²) in [6, 6.07) is 24.9. The first-order valence-corrected chi connectivity index (χ1v) is 10.9. The Hall–Kier alpha value is -3.58. The molecule has 1 unspecified atom stereocenters. The molecule has 2 N–H and O–H groups in total. The smallest absolute Gasteiger partial charge is 0.286 e. The fourth-order valence-electron chi connectivity index (χ4n) is 3.00. The Morgan fingerprint density at radius 1 is 0.844 bits per heavy atom. The lowest BCUT2D eigenvalue weighted by Crippen LogP contribution is -2.31. The number of carbonyl (C=O) groups is 3. The Morgan fingerprint density at radius 2 is 1.44 bits per heavy atom. The molecule has 0 aromatic heterocycles. The van der Waals surface area contributed by atoms with Crippen LogP contribution in [0.1, 0.15) is 28.4 Å². The molecular formula is C25H25N3O3S. The Kier molecular flexibility index (Phi) is 8.05. The van der Waals surface area contributed by atoms with Gasteiger partial charge < -0.3 is 15.5 Å².